The van der Waals surface area contributed by atoms with Gasteiger partial charge in [0.25, 0.3) is 0 Å². The van der Waals surface area contributed by atoms with Gasteiger partial charge in [-0.25, -0.2) is 4.79 Å². The van der Waals surface area contributed by atoms with Crippen molar-refractivity contribution in [1.29, 1.82) is 0 Å². The van der Waals surface area contributed by atoms with Crippen molar-refractivity contribution in [3.8, 4) is 5.75 Å². The molecule has 0 unspecified atom stereocenters. The molecular weight excluding hydrogens is 232 g/mol. The van der Waals surface area contributed by atoms with Crippen LogP contribution in [0.2, 0.25) is 0 Å². The molecule has 0 spiro atoms. The SMILES string of the molecule is CCCCOC(=Cc1ccc(O)cc1)C(=O)OC. The molecule has 18 heavy (non-hydrogen) atoms. The number of rotatable bonds is 6. The number of hydrogen-bond acceptors (Lipinski definition) is 4. The lowest BCUT2D eigenvalue weighted by molar-refractivity contribution is -0.140. The summed E-state index contributed by atoms with van der Waals surface area (Å²) >= 11 is 0. The smallest absolute Gasteiger partial charge is 0.373 e. The third kappa shape index (κ3) is 4.49. The van der Waals surface area contributed by atoms with Crippen molar-refractivity contribution in [2.75, 3.05) is 13.7 Å². The molecule has 0 saturated carbocycles. The van der Waals surface area contributed by atoms with Gasteiger partial charge in [-0.15, -0.1) is 0 Å². The van der Waals surface area contributed by atoms with Gasteiger partial charge in [-0.1, -0.05) is 25.5 Å². The van der Waals surface area contributed by atoms with Gasteiger partial charge in [0.2, 0.25) is 5.76 Å². The maximum absolute atomic E-state index is 11.5. The van der Waals surface area contributed by atoms with E-state index in [9.17, 15) is 9.90 Å². The molecule has 0 radical (unpaired) electrons. The molecule has 0 aliphatic carbocycles. The molecule has 0 saturated heterocycles. The third-order valence-corrected chi connectivity index (χ3v) is 2.33. The molecule has 0 amide bonds. The summed E-state index contributed by atoms with van der Waals surface area (Å²) in [5.41, 5.74) is 0.768. The molecule has 0 aliphatic heterocycles. The molecule has 1 aromatic rings. The van der Waals surface area contributed by atoms with Gasteiger partial charge >= 0.3 is 5.97 Å². The summed E-state index contributed by atoms with van der Waals surface area (Å²) in [6.07, 6.45) is 3.47. The second-order valence-corrected chi connectivity index (χ2v) is 3.79. The highest BCUT2D eigenvalue weighted by molar-refractivity contribution is 5.91. The number of hydrogen-bond donors (Lipinski definition) is 1. The summed E-state index contributed by atoms with van der Waals surface area (Å²) < 4.78 is 10.1. The number of aromatic hydroxyl groups is 1. The van der Waals surface area contributed by atoms with E-state index >= 15 is 0 Å². The molecule has 4 heteroatoms. The molecule has 0 heterocycles. The van der Waals surface area contributed by atoms with Crippen molar-refractivity contribution < 1.29 is 19.4 Å². The highest BCUT2D eigenvalue weighted by atomic mass is 16.6. The van der Waals surface area contributed by atoms with Crippen molar-refractivity contribution in [2.24, 2.45) is 0 Å². The fourth-order valence-corrected chi connectivity index (χ4v) is 1.31. The van der Waals surface area contributed by atoms with E-state index in [4.69, 9.17) is 4.74 Å². The Morgan fingerprint density at radius 3 is 2.56 bits per heavy atom. The van der Waals surface area contributed by atoms with E-state index in [1.54, 1.807) is 30.3 Å². The lowest BCUT2D eigenvalue weighted by Crippen LogP contribution is -2.09. The van der Waals surface area contributed by atoms with E-state index in [0.29, 0.717) is 6.61 Å². The van der Waals surface area contributed by atoms with Crippen LogP contribution >= 0.6 is 0 Å². The van der Waals surface area contributed by atoms with Gasteiger partial charge in [-0.3, -0.25) is 0 Å². The first-order valence-electron chi connectivity index (χ1n) is 5.89. The number of phenols is 1. The Bertz CT molecular complexity index is 406. The van der Waals surface area contributed by atoms with E-state index in [1.807, 2.05) is 6.92 Å². The molecule has 0 bridgehead atoms. The Morgan fingerprint density at radius 2 is 2.00 bits per heavy atom. The Balaban J connectivity index is 2.80. The van der Waals surface area contributed by atoms with E-state index in [2.05, 4.69) is 4.74 Å². The second kappa shape index (κ2) is 7.37. The van der Waals surface area contributed by atoms with Gasteiger partial charge in [-0.05, 0) is 30.2 Å². The first kappa shape index (κ1) is 14.1. The quantitative estimate of drug-likeness (QED) is 0.365. The average molecular weight is 250 g/mol. The lowest BCUT2D eigenvalue weighted by Gasteiger charge is -2.08. The van der Waals surface area contributed by atoms with E-state index in [1.165, 1.54) is 7.11 Å². The van der Waals surface area contributed by atoms with Crippen LogP contribution in [0.25, 0.3) is 6.08 Å². The average Bonchev–Trinajstić information content (AvgIpc) is 2.39. The van der Waals surface area contributed by atoms with Gasteiger partial charge in [0.05, 0.1) is 13.7 Å². The van der Waals surface area contributed by atoms with Gasteiger partial charge in [-0.2, -0.15) is 0 Å². The van der Waals surface area contributed by atoms with Crippen molar-refractivity contribution in [2.45, 2.75) is 19.8 Å². The van der Waals surface area contributed by atoms with Crippen molar-refractivity contribution in [3.63, 3.8) is 0 Å². The minimum atomic E-state index is -0.501. The number of esters is 1. The first-order valence-corrected chi connectivity index (χ1v) is 5.89. The number of carbonyl (C=O) groups is 1. The van der Waals surface area contributed by atoms with Crippen molar-refractivity contribution in [1.82, 2.24) is 0 Å². The van der Waals surface area contributed by atoms with Gasteiger partial charge < -0.3 is 14.6 Å². The number of phenolic OH excluding ortho intramolecular Hbond substituents is 1. The molecule has 0 fully saturated rings. The van der Waals surface area contributed by atoms with Crippen LogP contribution < -0.4 is 0 Å². The lowest BCUT2D eigenvalue weighted by atomic mass is 10.2. The highest BCUT2D eigenvalue weighted by Gasteiger charge is 2.11. The largest absolute Gasteiger partial charge is 0.508 e. The second-order valence-electron chi connectivity index (χ2n) is 3.79. The zero-order chi connectivity index (χ0) is 13.4. The Morgan fingerprint density at radius 1 is 1.33 bits per heavy atom. The third-order valence-electron chi connectivity index (χ3n) is 2.33. The summed E-state index contributed by atoms with van der Waals surface area (Å²) in [6, 6.07) is 6.49. The fourth-order valence-electron chi connectivity index (χ4n) is 1.31. The predicted octanol–water partition coefficient (Wildman–Crippen LogP) is 2.72. The van der Waals surface area contributed by atoms with Gasteiger partial charge in [0.1, 0.15) is 5.75 Å². The van der Waals surface area contributed by atoms with Crippen LogP contribution in [0.1, 0.15) is 25.3 Å². The van der Waals surface area contributed by atoms with Crippen LogP contribution in [0.4, 0.5) is 0 Å². The highest BCUT2D eigenvalue weighted by Crippen LogP contribution is 2.14. The number of methoxy groups -OCH3 is 1. The molecule has 0 aliphatic rings. The van der Waals surface area contributed by atoms with E-state index in [-0.39, 0.29) is 11.5 Å². The summed E-state index contributed by atoms with van der Waals surface area (Å²) in [4.78, 5) is 11.5. The van der Waals surface area contributed by atoms with Crippen LogP contribution in [0.3, 0.4) is 0 Å². The number of benzene rings is 1. The van der Waals surface area contributed by atoms with Crippen LogP contribution in [-0.4, -0.2) is 24.8 Å². The normalized spacial score (nSPS) is 11.1. The van der Waals surface area contributed by atoms with Crippen LogP contribution in [0, 0.1) is 0 Å². The number of unbranched alkanes of at least 4 members (excludes halogenated alkanes) is 1. The molecule has 4 nitrogen and oxygen atoms in total. The van der Waals surface area contributed by atoms with Crippen LogP contribution in [0.15, 0.2) is 30.0 Å². The van der Waals surface area contributed by atoms with E-state index in [0.717, 1.165) is 18.4 Å². The molecule has 98 valence electrons. The molecule has 0 atom stereocenters. The standard InChI is InChI=1S/C14H18O4/c1-3-4-9-18-13(14(16)17-2)10-11-5-7-12(15)8-6-11/h5-8,10,15H,3-4,9H2,1-2H3. The monoisotopic (exact) mass is 250 g/mol. The van der Waals surface area contributed by atoms with Crippen LogP contribution in [0.5, 0.6) is 5.75 Å². The maximum atomic E-state index is 11.5. The summed E-state index contributed by atoms with van der Waals surface area (Å²) in [6.45, 7) is 2.53. The molecular formula is C14H18O4. The Labute approximate surface area is 107 Å². The molecule has 1 aromatic carbocycles. The zero-order valence-electron chi connectivity index (χ0n) is 10.7. The Kier molecular flexibility index (Phi) is 5.77. The summed E-state index contributed by atoms with van der Waals surface area (Å²) in [7, 11) is 1.32. The number of ether oxygens (including phenoxy) is 2. The number of carbonyl (C=O) groups excluding carboxylic acids is 1. The zero-order valence-corrected chi connectivity index (χ0v) is 10.7. The minimum Gasteiger partial charge on any atom is -0.508 e. The molecule has 1 N–H and O–H groups in total. The van der Waals surface area contributed by atoms with Crippen molar-refractivity contribution in [3.05, 3.63) is 35.6 Å². The van der Waals surface area contributed by atoms with Crippen LogP contribution in [-0.2, 0) is 14.3 Å². The van der Waals surface area contributed by atoms with Gasteiger partial charge in [0.15, 0.2) is 0 Å². The summed E-state index contributed by atoms with van der Waals surface area (Å²) in [5.74, 6) is -0.144. The topological polar surface area (TPSA) is 55.8 Å². The fraction of sp³-hybridized carbons (Fsp3) is 0.357. The molecule has 1 rings (SSSR count). The predicted molar refractivity (Wildman–Crippen MR) is 69.0 cm³/mol. The summed E-state index contributed by atoms with van der Waals surface area (Å²) in [5, 5.41) is 9.18. The van der Waals surface area contributed by atoms with Crippen molar-refractivity contribution >= 4 is 12.0 Å². The molecule has 0 aromatic heterocycles. The maximum Gasteiger partial charge on any atom is 0.373 e. The van der Waals surface area contributed by atoms with E-state index < -0.39 is 5.97 Å². The minimum absolute atomic E-state index is 0.177. The first-order chi connectivity index (χ1) is 8.67. The van der Waals surface area contributed by atoms with Gasteiger partial charge in [0, 0.05) is 0 Å². The Hall–Kier alpha value is -1.97.